The van der Waals surface area contributed by atoms with E-state index in [1.54, 1.807) is 18.2 Å². The average Bonchev–Trinajstić information content (AvgIpc) is 2.72. The number of amides is 1. The van der Waals surface area contributed by atoms with Crippen molar-refractivity contribution in [1.82, 2.24) is 0 Å². The quantitative estimate of drug-likeness (QED) is 0.524. The van der Waals surface area contributed by atoms with E-state index in [0.29, 0.717) is 12.1 Å². The summed E-state index contributed by atoms with van der Waals surface area (Å²) in [5.74, 6) is -0.586. The summed E-state index contributed by atoms with van der Waals surface area (Å²) < 4.78 is 39.4. The van der Waals surface area contributed by atoms with Crippen LogP contribution in [0.5, 0.6) is 0 Å². The maximum Gasteiger partial charge on any atom is 0.418 e. The number of hydrogen-bond donors (Lipinski definition) is 2. The first kappa shape index (κ1) is 20.5. The molecule has 0 atom stereocenters. The van der Waals surface area contributed by atoms with Gasteiger partial charge in [-0.05, 0) is 47.9 Å². The first-order valence-corrected chi connectivity index (χ1v) is 9.26. The molecule has 150 valence electrons. The van der Waals surface area contributed by atoms with Crippen LogP contribution in [0, 0.1) is 0 Å². The molecule has 0 spiro atoms. The standard InChI is InChI=1S/C23H21F3N2O/c1-2-17-9-3-5-12-20(17)27-15-16-8-7-10-18(14-16)22(29)28-21-13-6-4-11-19(21)23(24,25)26/h3-14,27H,2,15H2,1H3,(H,28,29). The van der Waals surface area contributed by atoms with E-state index in [1.165, 1.54) is 23.8 Å². The van der Waals surface area contributed by atoms with E-state index in [4.69, 9.17) is 0 Å². The number of hydrogen-bond acceptors (Lipinski definition) is 2. The second-order valence-corrected chi connectivity index (χ2v) is 6.56. The second kappa shape index (κ2) is 8.82. The van der Waals surface area contributed by atoms with Crippen LogP contribution in [0.3, 0.4) is 0 Å². The third kappa shape index (κ3) is 5.16. The molecule has 0 fully saturated rings. The lowest BCUT2D eigenvalue weighted by atomic mass is 10.1. The molecular weight excluding hydrogens is 377 g/mol. The molecule has 3 nitrogen and oxygen atoms in total. The number of alkyl halides is 3. The Kier molecular flexibility index (Phi) is 6.22. The van der Waals surface area contributed by atoms with Gasteiger partial charge in [0.05, 0.1) is 11.3 Å². The number of anilines is 2. The molecule has 0 radical (unpaired) electrons. The molecule has 6 heteroatoms. The van der Waals surface area contributed by atoms with Crippen LogP contribution < -0.4 is 10.6 Å². The number of benzene rings is 3. The fourth-order valence-corrected chi connectivity index (χ4v) is 3.05. The highest BCUT2D eigenvalue weighted by Gasteiger charge is 2.33. The van der Waals surface area contributed by atoms with Crippen LogP contribution in [0.2, 0.25) is 0 Å². The molecule has 0 aliphatic heterocycles. The molecule has 0 saturated heterocycles. The second-order valence-electron chi connectivity index (χ2n) is 6.56. The summed E-state index contributed by atoms with van der Waals surface area (Å²) in [5.41, 5.74) is 2.22. The molecule has 0 saturated carbocycles. The molecule has 0 aliphatic rings. The van der Waals surface area contributed by atoms with Gasteiger partial charge < -0.3 is 10.6 Å². The topological polar surface area (TPSA) is 41.1 Å². The van der Waals surface area contributed by atoms with Gasteiger partial charge in [0.1, 0.15) is 0 Å². The van der Waals surface area contributed by atoms with E-state index >= 15 is 0 Å². The van der Waals surface area contributed by atoms with Crippen molar-refractivity contribution < 1.29 is 18.0 Å². The van der Waals surface area contributed by atoms with E-state index in [0.717, 1.165) is 23.7 Å². The van der Waals surface area contributed by atoms with Crippen molar-refractivity contribution in [2.24, 2.45) is 0 Å². The van der Waals surface area contributed by atoms with Crippen LogP contribution in [0.1, 0.15) is 34.0 Å². The normalized spacial score (nSPS) is 11.2. The predicted molar refractivity (Wildman–Crippen MR) is 109 cm³/mol. The highest BCUT2D eigenvalue weighted by molar-refractivity contribution is 6.04. The maximum absolute atomic E-state index is 13.1. The van der Waals surface area contributed by atoms with Crippen molar-refractivity contribution in [3.63, 3.8) is 0 Å². The number of carbonyl (C=O) groups excluding carboxylic acids is 1. The monoisotopic (exact) mass is 398 g/mol. The Morgan fingerprint density at radius 1 is 0.897 bits per heavy atom. The Bertz CT molecular complexity index is 999. The molecule has 0 aromatic heterocycles. The smallest absolute Gasteiger partial charge is 0.381 e. The lowest BCUT2D eigenvalue weighted by Gasteiger charge is -2.14. The summed E-state index contributed by atoms with van der Waals surface area (Å²) in [7, 11) is 0. The molecule has 0 unspecified atom stereocenters. The van der Waals surface area contributed by atoms with Gasteiger partial charge in [-0.3, -0.25) is 4.79 Å². The molecule has 1 amide bonds. The zero-order chi connectivity index (χ0) is 20.9. The fraction of sp³-hybridized carbons (Fsp3) is 0.174. The number of halogens is 3. The van der Waals surface area contributed by atoms with E-state index < -0.39 is 17.6 Å². The molecule has 29 heavy (non-hydrogen) atoms. The van der Waals surface area contributed by atoms with Gasteiger partial charge in [0.25, 0.3) is 5.91 Å². The van der Waals surface area contributed by atoms with Gasteiger partial charge in [-0.25, -0.2) is 0 Å². The molecular formula is C23H21F3N2O. The highest BCUT2D eigenvalue weighted by atomic mass is 19.4. The number of aryl methyl sites for hydroxylation is 1. The number of rotatable bonds is 6. The molecule has 3 aromatic rings. The van der Waals surface area contributed by atoms with Gasteiger partial charge in [0.15, 0.2) is 0 Å². The minimum Gasteiger partial charge on any atom is -0.381 e. The van der Waals surface area contributed by atoms with Crippen LogP contribution in [-0.2, 0) is 19.1 Å². The van der Waals surface area contributed by atoms with Gasteiger partial charge in [0.2, 0.25) is 0 Å². The third-order valence-corrected chi connectivity index (χ3v) is 4.55. The third-order valence-electron chi connectivity index (χ3n) is 4.55. The van der Waals surface area contributed by atoms with Crippen molar-refractivity contribution in [3.8, 4) is 0 Å². The van der Waals surface area contributed by atoms with E-state index in [1.807, 2.05) is 30.3 Å². The zero-order valence-corrected chi connectivity index (χ0v) is 15.9. The van der Waals surface area contributed by atoms with Crippen molar-refractivity contribution in [2.45, 2.75) is 26.1 Å². The first-order valence-electron chi connectivity index (χ1n) is 9.26. The van der Waals surface area contributed by atoms with Crippen LogP contribution in [-0.4, -0.2) is 5.91 Å². The average molecular weight is 398 g/mol. The largest absolute Gasteiger partial charge is 0.418 e. The molecule has 0 heterocycles. The minimum atomic E-state index is -4.54. The van der Waals surface area contributed by atoms with Gasteiger partial charge >= 0.3 is 6.18 Å². The summed E-state index contributed by atoms with van der Waals surface area (Å²) in [5, 5.41) is 5.72. The molecule has 3 aromatic carbocycles. The Morgan fingerprint density at radius 2 is 1.59 bits per heavy atom. The molecule has 2 N–H and O–H groups in total. The van der Waals surface area contributed by atoms with Crippen molar-refractivity contribution in [3.05, 3.63) is 95.1 Å². The Balaban J connectivity index is 1.74. The summed E-state index contributed by atoms with van der Waals surface area (Å²) in [4.78, 5) is 12.5. The van der Waals surface area contributed by atoms with Crippen molar-refractivity contribution in [1.29, 1.82) is 0 Å². The number of carbonyl (C=O) groups is 1. The fourth-order valence-electron chi connectivity index (χ4n) is 3.05. The minimum absolute atomic E-state index is 0.259. The maximum atomic E-state index is 13.1. The van der Waals surface area contributed by atoms with E-state index in [-0.39, 0.29) is 5.69 Å². The van der Waals surface area contributed by atoms with Gasteiger partial charge in [-0.2, -0.15) is 13.2 Å². The number of nitrogens with one attached hydrogen (secondary N) is 2. The van der Waals surface area contributed by atoms with E-state index in [2.05, 4.69) is 17.6 Å². The summed E-state index contributed by atoms with van der Waals surface area (Å²) in [6.45, 7) is 2.57. The Labute approximate surface area is 167 Å². The lowest BCUT2D eigenvalue weighted by Crippen LogP contribution is -2.17. The molecule has 0 aliphatic carbocycles. The summed E-state index contributed by atoms with van der Waals surface area (Å²) in [6, 6.07) is 19.7. The Morgan fingerprint density at radius 3 is 2.31 bits per heavy atom. The highest BCUT2D eigenvalue weighted by Crippen LogP contribution is 2.34. The SMILES string of the molecule is CCc1ccccc1NCc1cccc(C(=O)Nc2ccccc2C(F)(F)F)c1. The number of para-hydroxylation sites is 2. The van der Waals surface area contributed by atoms with E-state index in [9.17, 15) is 18.0 Å². The first-order chi connectivity index (χ1) is 13.9. The summed E-state index contributed by atoms with van der Waals surface area (Å²) >= 11 is 0. The van der Waals surface area contributed by atoms with Crippen molar-refractivity contribution >= 4 is 17.3 Å². The van der Waals surface area contributed by atoms with Gasteiger partial charge in [-0.1, -0.05) is 49.4 Å². The Hall–Kier alpha value is -3.28. The molecule has 0 bridgehead atoms. The van der Waals surface area contributed by atoms with Crippen molar-refractivity contribution in [2.75, 3.05) is 10.6 Å². The van der Waals surface area contributed by atoms with Crippen LogP contribution in [0.15, 0.2) is 72.8 Å². The lowest BCUT2D eigenvalue weighted by molar-refractivity contribution is -0.136. The van der Waals surface area contributed by atoms with Crippen LogP contribution in [0.25, 0.3) is 0 Å². The van der Waals surface area contributed by atoms with Crippen LogP contribution >= 0.6 is 0 Å². The van der Waals surface area contributed by atoms with Gasteiger partial charge in [0, 0.05) is 17.8 Å². The van der Waals surface area contributed by atoms with Gasteiger partial charge in [-0.15, -0.1) is 0 Å². The summed E-state index contributed by atoms with van der Waals surface area (Å²) in [6.07, 6.45) is -3.65. The molecule has 3 rings (SSSR count). The zero-order valence-electron chi connectivity index (χ0n) is 15.9. The van der Waals surface area contributed by atoms with Crippen LogP contribution in [0.4, 0.5) is 24.5 Å². The predicted octanol–water partition coefficient (Wildman–Crippen LogP) is 6.13.